The van der Waals surface area contributed by atoms with Crippen LogP contribution in [0.4, 0.5) is 0 Å². The number of rotatable bonds is 9. The topological polar surface area (TPSA) is 46.2 Å². The van der Waals surface area contributed by atoms with Crippen molar-refractivity contribution < 1.29 is 8.42 Å². The molecule has 0 aliphatic rings. The first-order chi connectivity index (χ1) is 9.03. The summed E-state index contributed by atoms with van der Waals surface area (Å²) < 4.78 is 27.4. The normalized spacial score (nSPS) is 13.6. The van der Waals surface area contributed by atoms with Crippen LogP contribution in [0.1, 0.15) is 38.0 Å². The number of sulfonamides is 1. The Hall–Kier alpha value is -0.100. The molecule has 1 rings (SSSR count). The summed E-state index contributed by atoms with van der Waals surface area (Å²) in [5, 5.41) is 0. The van der Waals surface area contributed by atoms with Crippen LogP contribution >= 0.6 is 22.9 Å². The molecule has 1 aromatic heterocycles. The fourth-order valence-corrected chi connectivity index (χ4v) is 4.67. The number of hydrogen-bond donors (Lipinski definition) is 1. The van der Waals surface area contributed by atoms with Crippen LogP contribution in [0, 0.1) is 5.92 Å². The van der Waals surface area contributed by atoms with E-state index >= 15 is 0 Å². The van der Waals surface area contributed by atoms with Crippen molar-refractivity contribution in [3.63, 3.8) is 0 Å². The number of halogens is 1. The summed E-state index contributed by atoms with van der Waals surface area (Å²) >= 11 is 7.09. The van der Waals surface area contributed by atoms with E-state index in [4.69, 9.17) is 11.6 Å². The Balaban J connectivity index is 2.63. The predicted molar refractivity (Wildman–Crippen MR) is 82.6 cm³/mol. The van der Waals surface area contributed by atoms with Gasteiger partial charge in [-0.25, -0.2) is 13.1 Å². The third kappa shape index (κ3) is 5.42. The van der Waals surface area contributed by atoms with E-state index in [1.165, 1.54) is 11.3 Å². The average Bonchev–Trinajstić information content (AvgIpc) is 2.86. The molecule has 0 fully saturated rings. The van der Waals surface area contributed by atoms with Crippen molar-refractivity contribution in [2.24, 2.45) is 5.92 Å². The van der Waals surface area contributed by atoms with Gasteiger partial charge in [-0.05, 0) is 37.3 Å². The van der Waals surface area contributed by atoms with Crippen molar-refractivity contribution in [2.45, 2.75) is 43.7 Å². The molecule has 0 radical (unpaired) electrons. The molecule has 1 atom stereocenters. The molecule has 3 nitrogen and oxygen atoms in total. The highest BCUT2D eigenvalue weighted by Crippen LogP contribution is 2.22. The quantitative estimate of drug-likeness (QED) is 0.705. The maximum Gasteiger partial charge on any atom is 0.250 e. The summed E-state index contributed by atoms with van der Waals surface area (Å²) in [6, 6.07) is 3.56. The van der Waals surface area contributed by atoms with Crippen LogP contribution in [0.2, 0.25) is 0 Å². The van der Waals surface area contributed by atoms with Crippen LogP contribution in [0.25, 0.3) is 0 Å². The Bertz CT molecular complexity index is 465. The molecule has 1 aromatic rings. The number of nitrogens with one attached hydrogen (secondary N) is 1. The average molecular weight is 324 g/mol. The fourth-order valence-electron chi connectivity index (χ4n) is 1.90. The molecule has 0 saturated carbocycles. The lowest BCUT2D eigenvalue weighted by Gasteiger charge is -2.15. The van der Waals surface area contributed by atoms with Crippen LogP contribution in [0.5, 0.6) is 0 Å². The zero-order valence-electron chi connectivity index (χ0n) is 11.5. The summed E-state index contributed by atoms with van der Waals surface area (Å²) in [5.41, 5.74) is 0. The number of aryl methyl sites for hydroxylation is 1. The maximum atomic E-state index is 12.1. The standard InChI is InChI=1S/C13H22ClNO2S2/c1-3-5-11(8-9-14)10-15-19(16,17)13-7-6-12(4-2)18-13/h6-7,11,15H,3-5,8-10H2,1-2H3. The molecule has 1 unspecified atom stereocenters. The van der Waals surface area contributed by atoms with Gasteiger partial charge in [0.2, 0.25) is 10.0 Å². The zero-order chi connectivity index (χ0) is 14.3. The van der Waals surface area contributed by atoms with E-state index in [1.54, 1.807) is 6.07 Å². The van der Waals surface area contributed by atoms with Gasteiger partial charge in [0, 0.05) is 17.3 Å². The second-order valence-corrected chi connectivity index (χ2v) is 8.10. The molecule has 1 N–H and O–H groups in total. The smallest absolute Gasteiger partial charge is 0.210 e. The Labute approximate surface area is 125 Å². The van der Waals surface area contributed by atoms with Crippen molar-refractivity contribution in [1.29, 1.82) is 0 Å². The molecule has 0 saturated heterocycles. The molecule has 1 heterocycles. The molecule has 0 aliphatic heterocycles. The predicted octanol–water partition coefficient (Wildman–Crippen LogP) is 3.63. The van der Waals surface area contributed by atoms with Gasteiger partial charge < -0.3 is 0 Å². The summed E-state index contributed by atoms with van der Waals surface area (Å²) in [4.78, 5) is 1.09. The van der Waals surface area contributed by atoms with Gasteiger partial charge in [-0.15, -0.1) is 22.9 Å². The second-order valence-electron chi connectivity index (χ2n) is 4.56. The summed E-state index contributed by atoms with van der Waals surface area (Å²) in [7, 11) is -3.36. The highest BCUT2D eigenvalue weighted by atomic mass is 35.5. The monoisotopic (exact) mass is 323 g/mol. The molecule has 6 heteroatoms. The first-order valence-corrected chi connectivity index (χ1v) is 9.51. The van der Waals surface area contributed by atoms with Gasteiger partial charge in [0.05, 0.1) is 0 Å². The Morgan fingerprint density at radius 3 is 2.58 bits per heavy atom. The van der Waals surface area contributed by atoms with Crippen molar-refractivity contribution in [3.05, 3.63) is 17.0 Å². The van der Waals surface area contributed by atoms with Crippen molar-refractivity contribution in [1.82, 2.24) is 4.72 Å². The lowest BCUT2D eigenvalue weighted by atomic mass is 10.0. The van der Waals surface area contributed by atoms with Crippen LogP contribution < -0.4 is 4.72 Å². The Morgan fingerprint density at radius 1 is 1.32 bits per heavy atom. The summed E-state index contributed by atoms with van der Waals surface area (Å²) in [6.07, 6.45) is 3.76. The van der Waals surface area contributed by atoms with Gasteiger partial charge in [0.25, 0.3) is 0 Å². The van der Waals surface area contributed by atoms with Crippen LogP contribution in [0.3, 0.4) is 0 Å². The van der Waals surface area contributed by atoms with Crippen molar-refractivity contribution in [2.75, 3.05) is 12.4 Å². The highest BCUT2D eigenvalue weighted by Gasteiger charge is 2.18. The van der Waals surface area contributed by atoms with E-state index in [-0.39, 0.29) is 0 Å². The minimum Gasteiger partial charge on any atom is -0.210 e. The first kappa shape index (κ1) is 17.0. The third-order valence-electron chi connectivity index (χ3n) is 3.03. The van der Waals surface area contributed by atoms with Crippen LogP contribution in [0.15, 0.2) is 16.3 Å². The summed E-state index contributed by atoms with van der Waals surface area (Å²) in [6.45, 7) is 4.60. The lowest BCUT2D eigenvalue weighted by molar-refractivity contribution is 0.457. The molecule has 0 spiro atoms. The van der Waals surface area contributed by atoms with Gasteiger partial charge in [-0.1, -0.05) is 20.3 Å². The van der Waals surface area contributed by atoms with Gasteiger partial charge in [-0.3, -0.25) is 0 Å². The lowest BCUT2D eigenvalue weighted by Crippen LogP contribution is -2.29. The minimum atomic E-state index is -3.36. The SMILES string of the molecule is CCCC(CCCl)CNS(=O)(=O)c1ccc(CC)s1. The number of thiophene rings is 1. The van der Waals surface area contributed by atoms with E-state index in [9.17, 15) is 8.42 Å². The van der Waals surface area contributed by atoms with E-state index < -0.39 is 10.0 Å². The van der Waals surface area contributed by atoms with E-state index in [0.29, 0.717) is 22.6 Å². The summed E-state index contributed by atoms with van der Waals surface area (Å²) in [5.74, 6) is 0.897. The van der Waals surface area contributed by atoms with Gasteiger partial charge >= 0.3 is 0 Å². The molecule has 0 bridgehead atoms. The first-order valence-electron chi connectivity index (χ1n) is 6.67. The van der Waals surface area contributed by atoms with Crippen molar-refractivity contribution >= 4 is 33.0 Å². The Morgan fingerprint density at radius 2 is 2.05 bits per heavy atom. The molecular formula is C13H22ClNO2S2. The van der Waals surface area contributed by atoms with Gasteiger partial charge in [0.1, 0.15) is 4.21 Å². The molecule has 0 aliphatic carbocycles. The molecule has 110 valence electrons. The van der Waals surface area contributed by atoms with Gasteiger partial charge in [-0.2, -0.15) is 0 Å². The minimum absolute atomic E-state index is 0.322. The van der Waals surface area contributed by atoms with E-state index in [0.717, 1.165) is 30.6 Å². The third-order valence-corrected chi connectivity index (χ3v) is 6.39. The van der Waals surface area contributed by atoms with Gasteiger partial charge in [0.15, 0.2) is 0 Å². The zero-order valence-corrected chi connectivity index (χ0v) is 13.9. The fraction of sp³-hybridized carbons (Fsp3) is 0.692. The number of alkyl halides is 1. The highest BCUT2D eigenvalue weighted by molar-refractivity contribution is 7.91. The van der Waals surface area contributed by atoms with Crippen LogP contribution in [-0.4, -0.2) is 20.8 Å². The largest absolute Gasteiger partial charge is 0.250 e. The molecule has 19 heavy (non-hydrogen) atoms. The van der Waals surface area contributed by atoms with Crippen LogP contribution in [-0.2, 0) is 16.4 Å². The number of hydrogen-bond acceptors (Lipinski definition) is 3. The van der Waals surface area contributed by atoms with E-state index in [2.05, 4.69) is 11.6 Å². The second kappa shape index (κ2) is 8.25. The Kier molecular flexibility index (Phi) is 7.36. The molecule has 0 amide bonds. The molecule has 0 aromatic carbocycles. The maximum absolute atomic E-state index is 12.1. The van der Waals surface area contributed by atoms with E-state index in [1.807, 2.05) is 13.0 Å². The van der Waals surface area contributed by atoms with Crippen molar-refractivity contribution in [3.8, 4) is 0 Å². The molecular weight excluding hydrogens is 302 g/mol.